The molecule has 6 nitrogen and oxygen atoms in total. The number of benzene rings is 1. The number of nitrogens with zero attached hydrogens (tertiary/aromatic N) is 2. The molecular weight excluding hydrogens is 323 g/mol. The van der Waals surface area contributed by atoms with E-state index in [1.54, 1.807) is 12.1 Å². The average Bonchev–Trinajstić information content (AvgIpc) is 2.92. The van der Waals surface area contributed by atoms with E-state index in [0.29, 0.717) is 18.1 Å². The summed E-state index contributed by atoms with van der Waals surface area (Å²) in [7, 11) is 0. The van der Waals surface area contributed by atoms with Crippen LogP contribution in [-0.2, 0) is 6.54 Å². The Morgan fingerprint density at radius 2 is 2.20 bits per heavy atom. The lowest BCUT2D eigenvalue weighted by molar-refractivity contribution is 0.233. The summed E-state index contributed by atoms with van der Waals surface area (Å²) in [5.41, 5.74) is 1.41. The molecule has 3 rings (SSSR count). The van der Waals surface area contributed by atoms with Crippen LogP contribution in [0, 0.1) is 19.7 Å². The summed E-state index contributed by atoms with van der Waals surface area (Å²) in [5.74, 6) is 1.01. The minimum absolute atomic E-state index is 0.0265. The van der Waals surface area contributed by atoms with Crippen LogP contribution in [0.4, 0.5) is 14.9 Å². The third-order valence-corrected chi connectivity index (χ3v) is 4.42. The molecule has 1 saturated heterocycles. The van der Waals surface area contributed by atoms with E-state index in [4.69, 9.17) is 4.42 Å². The standard InChI is InChI=1S/C18H23FN4O2/c1-12-13(2)25-17(21-12)10-20-18(24)22-14-6-5-9-23(11-14)16-8-4-3-7-15(16)19/h3-4,7-8,14H,5-6,9-11H2,1-2H3,(H2,20,22,24)/t14-/m0/s1. The van der Waals surface area contributed by atoms with Gasteiger partial charge in [-0.15, -0.1) is 0 Å². The van der Waals surface area contributed by atoms with E-state index in [2.05, 4.69) is 15.6 Å². The summed E-state index contributed by atoms with van der Waals surface area (Å²) in [6, 6.07) is 6.43. The molecule has 2 aromatic rings. The molecule has 1 aromatic heterocycles. The smallest absolute Gasteiger partial charge is 0.315 e. The van der Waals surface area contributed by atoms with Gasteiger partial charge in [0.05, 0.1) is 17.9 Å². The molecule has 25 heavy (non-hydrogen) atoms. The summed E-state index contributed by atoms with van der Waals surface area (Å²) in [6.45, 7) is 5.32. The molecular formula is C18H23FN4O2. The maximum Gasteiger partial charge on any atom is 0.315 e. The fraction of sp³-hybridized carbons (Fsp3) is 0.444. The van der Waals surface area contributed by atoms with E-state index in [-0.39, 0.29) is 24.4 Å². The zero-order valence-electron chi connectivity index (χ0n) is 14.5. The number of para-hydroxylation sites is 1. The molecule has 0 saturated carbocycles. The number of carbonyl (C=O) groups is 1. The van der Waals surface area contributed by atoms with Gasteiger partial charge in [-0.25, -0.2) is 14.2 Å². The maximum absolute atomic E-state index is 13.9. The third kappa shape index (κ3) is 4.29. The number of carbonyl (C=O) groups excluding carboxylic acids is 1. The minimum Gasteiger partial charge on any atom is -0.444 e. The second kappa shape index (κ2) is 7.55. The average molecular weight is 346 g/mol. The van der Waals surface area contributed by atoms with Crippen LogP contribution in [-0.4, -0.2) is 30.1 Å². The van der Waals surface area contributed by atoms with E-state index in [1.165, 1.54) is 6.07 Å². The van der Waals surface area contributed by atoms with Gasteiger partial charge in [-0.2, -0.15) is 0 Å². The number of rotatable bonds is 4. The molecule has 0 radical (unpaired) electrons. The van der Waals surface area contributed by atoms with Gasteiger partial charge in [-0.05, 0) is 38.8 Å². The van der Waals surface area contributed by atoms with Crippen molar-refractivity contribution in [3.05, 3.63) is 47.4 Å². The SMILES string of the molecule is Cc1nc(CNC(=O)N[C@H]2CCCN(c3ccccc3F)C2)oc1C. The predicted molar refractivity (Wildman–Crippen MR) is 93.0 cm³/mol. The molecule has 0 unspecified atom stereocenters. The Hall–Kier alpha value is -2.57. The van der Waals surface area contributed by atoms with Gasteiger partial charge in [-0.1, -0.05) is 12.1 Å². The fourth-order valence-corrected chi connectivity index (χ4v) is 3.03. The highest BCUT2D eigenvalue weighted by Gasteiger charge is 2.23. The van der Waals surface area contributed by atoms with Gasteiger partial charge < -0.3 is 20.0 Å². The molecule has 0 aliphatic carbocycles. The van der Waals surface area contributed by atoms with Crippen molar-refractivity contribution < 1.29 is 13.6 Å². The Bertz CT molecular complexity index is 727. The van der Waals surface area contributed by atoms with Crippen molar-refractivity contribution in [3.8, 4) is 0 Å². The molecule has 1 aliphatic rings. The van der Waals surface area contributed by atoms with Crippen molar-refractivity contribution in [2.24, 2.45) is 0 Å². The van der Waals surface area contributed by atoms with Crippen LogP contribution >= 0.6 is 0 Å². The Morgan fingerprint density at radius 1 is 1.40 bits per heavy atom. The first-order valence-electron chi connectivity index (χ1n) is 8.49. The van der Waals surface area contributed by atoms with E-state index in [1.807, 2.05) is 24.8 Å². The van der Waals surface area contributed by atoms with Crippen LogP contribution in [0.25, 0.3) is 0 Å². The van der Waals surface area contributed by atoms with Crippen LogP contribution < -0.4 is 15.5 Å². The van der Waals surface area contributed by atoms with Gasteiger partial charge >= 0.3 is 6.03 Å². The first kappa shape index (κ1) is 17.3. The molecule has 1 aromatic carbocycles. The number of nitrogens with one attached hydrogen (secondary N) is 2. The largest absolute Gasteiger partial charge is 0.444 e. The number of hydrogen-bond acceptors (Lipinski definition) is 4. The van der Waals surface area contributed by atoms with E-state index in [0.717, 1.165) is 30.8 Å². The van der Waals surface area contributed by atoms with Crippen LogP contribution in [0.5, 0.6) is 0 Å². The van der Waals surface area contributed by atoms with Crippen LogP contribution in [0.3, 0.4) is 0 Å². The van der Waals surface area contributed by atoms with E-state index < -0.39 is 0 Å². The van der Waals surface area contributed by atoms with Gasteiger partial charge in [0, 0.05) is 19.1 Å². The lowest BCUT2D eigenvalue weighted by atomic mass is 10.0. The van der Waals surface area contributed by atoms with Crippen molar-refractivity contribution in [1.82, 2.24) is 15.6 Å². The van der Waals surface area contributed by atoms with Crippen molar-refractivity contribution in [3.63, 3.8) is 0 Å². The number of anilines is 1. The number of hydrogen-bond donors (Lipinski definition) is 2. The number of urea groups is 1. The first-order valence-corrected chi connectivity index (χ1v) is 8.49. The number of oxazole rings is 1. The summed E-state index contributed by atoms with van der Waals surface area (Å²) in [5, 5.41) is 5.70. The van der Waals surface area contributed by atoms with Gasteiger partial charge in [-0.3, -0.25) is 0 Å². The van der Waals surface area contributed by atoms with Gasteiger partial charge in [0.2, 0.25) is 5.89 Å². The minimum atomic E-state index is -0.270. The monoisotopic (exact) mass is 346 g/mol. The second-order valence-electron chi connectivity index (χ2n) is 6.31. The lowest BCUT2D eigenvalue weighted by Crippen LogP contribution is -2.50. The maximum atomic E-state index is 13.9. The fourth-order valence-electron chi connectivity index (χ4n) is 3.03. The lowest BCUT2D eigenvalue weighted by Gasteiger charge is -2.34. The number of aryl methyl sites for hydroxylation is 2. The molecule has 1 fully saturated rings. The normalized spacial score (nSPS) is 17.4. The summed E-state index contributed by atoms with van der Waals surface area (Å²) in [4.78, 5) is 18.3. The number of halogens is 1. The highest BCUT2D eigenvalue weighted by Crippen LogP contribution is 2.22. The predicted octanol–water partition coefficient (Wildman–Crippen LogP) is 2.90. The van der Waals surface area contributed by atoms with E-state index in [9.17, 15) is 9.18 Å². The van der Waals surface area contributed by atoms with Crippen molar-refractivity contribution in [1.29, 1.82) is 0 Å². The van der Waals surface area contributed by atoms with Crippen molar-refractivity contribution >= 4 is 11.7 Å². The number of aromatic nitrogens is 1. The highest BCUT2D eigenvalue weighted by atomic mass is 19.1. The van der Waals surface area contributed by atoms with Gasteiger partial charge in [0.15, 0.2) is 0 Å². The quantitative estimate of drug-likeness (QED) is 0.893. The third-order valence-electron chi connectivity index (χ3n) is 4.42. The second-order valence-corrected chi connectivity index (χ2v) is 6.31. The molecule has 2 N–H and O–H groups in total. The molecule has 1 aliphatic heterocycles. The van der Waals surface area contributed by atoms with Crippen molar-refractivity contribution in [2.75, 3.05) is 18.0 Å². The molecule has 1 atom stereocenters. The summed E-state index contributed by atoms with van der Waals surface area (Å²) >= 11 is 0. The summed E-state index contributed by atoms with van der Waals surface area (Å²) < 4.78 is 19.4. The molecule has 7 heteroatoms. The highest BCUT2D eigenvalue weighted by molar-refractivity contribution is 5.74. The number of piperidine rings is 1. The molecule has 2 heterocycles. The molecule has 0 spiro atoms. The Kier molecular flexibility index (Phi) is 5.21. The van der Waals surface area contributed by atoms with Gasteiger partial charge in [0.1, 0.15) is 11.6 Å². The Morgan fingerprint density at radius 3 is 2.92 bits per heavy atom. The zero-order valence-corrected chi connectivity index (χ0v) is 14.5. The van der Waals surface area contributed by atoms with Crippen LogP contribution in [0.1, 0.15) is 30.2 Å². The molecule has 2 amide bonds. The van der Waals surface area contributed by atoms with Crippen LogP contribution in [0.15, 0.2) is 28.7 Å². The number of amides is 2. The zero-order chi connectivity index (χ0) is 17.8. The van der Waals surface area contributed by atoms with Crippen LogP contribution in [0.2, 0.25) is 0 Å². The summed E-state index contributed by atoms with van der Waals surface area (Å²) in [6.07, 6.45) is 1.77. The molecule has 134 valence electrons. The Balaban J connectivity index is 1.52. The van der Waals surface area contributed by atoms with E-state index >= 15 is 0 Å². The van der Waals surface area contributed by atoms with Crippen molar-refractivity contribution in [2.45, 2.75) is 39.3 Å². The molecule has 0 bridgehead atoms. The topological polar surface area (TPSA) is 70.4 Å². The van der Waals surface area contributed by atoms with Gasteiger partial charge in [0.25, 0.3) is 0 Å². The Labute approximate surface area is 146 Å². The first-order chi connectivity index (χ1) is 12.0.